The highest BCUT2D eigenvalue weighted by Gasteiger charge is 2.29. The molecule has 0 atom stereocenters. The average molecular weight is 300 g/mol. The van der Waals surface area contributed by atoms with Crippen molar-refractivity contribution in [2.45, 2.75) is 51.5 Å². The zero-order valence-corrected chi connectivity index (χ0v) is 13.1. The van der Waals surface area contributed by atoms with Crippen molar-refractivity contribution in [3.05, 3.63) is 29.8 Å². The van der Waals surface area contributed by atoms with Crippen molar-refractivity contribution in [1.29, 1.82) is 0 Å². The van der Waals surface area contributed by atoms with Gasteiger partial charge in [0.1, 0.15) is 0 Å². The normalized spacial score (nSPS) is 24.6. The number of carbonyl (C=O) groups is 2. The highest BCUT2D eigenvalue weighted by atomic mass is 16.2. The minimum atomic E-state index is -0.0142. The van der Waals surface area contributed by atoms with E-state index in [9.17, 15) is 9.59 Å². The lowest BCUT2D eigenvalue weighted by atomic mass is 9.87. The first kappa shape index (κ1) is 15.1. The van der Waals surface area contributed by atoms with Gasteiger partial charge in [-0.15, -0.1) is 0 Å². The molecule has 0 saturated heterocycles. The van der Waals surface area contributed by atoms with Crippen LogP contribution >= 0.6 is 0 Å². The van der Waals surface area contributed by atoms with Gasteiger partial charge in [0.15, 0.2) is 0 Å². The number of hydrogen-bond acceptors (Lipinski definition) is 2. The van der Waals surface area contributed by atoms with Crippen LogP contribution in [0.15, 0.2) is 24.3 Å². The third-order valence-electron chi connectivity index (χ3n) is 4.71. The number of anilines is 1. The molecule has 0 spiro atoms. The number of nitrogens with one attached hydrogen (secondary N) is 2. The fourth-order valence-corrected chi connectivity index (χ4v) is 2.97. The molecule has 2 saturated carbocycles. The minimum absolute atomic E-state index is 0.0142. The summed E-state index contributed by atoms with van der Waals surface area (Å²) < 4.78 is 0. The van der Waals surface area contributed by atoms with E-state index in [0.717, 1.165) is 37.3 Å². The highest BCUT2D eigenvalue weighted by Crippen LogP contribution is 2.30. The minimum Gasteiger partial charge on any atom is -0.349 e. The van der Waals surface area contributed by atoms with Crippen molar-refractivity contribution in [3.63, 3.8) is 0 Å². The molecule has 2 aliphatic rings. The summed E-state index contributed by atoms with van der Waals surface area (Å²) >= 11 is 0. The van der Waals surface area contributed by atoms with Crippen molar-refractivity contribution in [3.8, 4) is 0 Å². The Balaban J connectivity index is 1.52. The Morgan fingerprint density at radius 2 is 1.59 bits per heavy atom. The third-order valence-corrected chi connectivity index (χ3v) is 4.71. The molecule has 2 N–H and O–H groups in total. The Hall–Kier alpha value is -1.84. The Morgan fingerprint density at radius 3 is 2.18 bits per heavy atom. The van der Waals surface area contributed by atoms with Gasteiger partial charge in [-0.25, -0.2) is 0 Å². The van der Waals surface area contributed by atoms with Crippen LogP contribution in [0.3, 0.4) is 0 Å². The molecule has 4 heteroatoms. The predicted octanol–water partition coefficient (Wildman–Crippen LogP) is 3.34. The van der Waals surface area contributed by atoms with Crippen LogP contribution in [0.5, 0.6) is 0 Å². The molecule has 4 nitrogen and oxygen atoms in total. The maximum absolute atomic E-state index is 12.2. The third kappa shape index (κ3) is 3.87. The van der Waals surface area contributed by atoms with Crippen molar-refractivity contribution < 1.29 is 9.59 Å². The van der Waals surface area contributed by atoms with Crippen LogP contribution in [0.25, 0.3) is 0 Å². The Bertz CT molecular complexity index is 541. The van der Waals surface area contributed by atoms with Gasteiger partial charge in [-0.05, 0) is 68.7 Å². The van der Waals surface area contributed by atoms with Crippen LogP contribution in [-0.4, -0.2) is 17.9 Å². The molecule has 118 valence electrons. The zero-order chi connectivity index (χ0) is 15.5. The second-order valence-corrected chi connectivity index (χ2v) is 6.77. The van der Waals surface area contributed by atoms with E-state index in [2.05, 4.69) is 17.6 Å². The largest absolute Gasteiger partial charge is 0.349 e. The van der Waals surface area contributed by atoms with E-state index in [4.69, 9.17) is 0 Å². The summed E-state index contributed by atoms with van der Waals surface area (Å²) in [6.07, 6.45) is 6.51. The van der Waals surface area contributed by atoms with Crippen LogP contribution < -0.4 is 10.6 Å². The van der Waals surface area contributed by atoms with E-state index in [1.165, 1.54) is 12.8 Å². The van der Waals surface area contributed by atoms with Gasteiger partial charge in [-0.3, -0.25) is 9.59 Å². The Labute approximate surface area is 131 Å². The number of benzene rings is 1. The summed E-state index contributed by atoms with van der Waals surface area (Å²) in [6.45, 7) is 2.27. The molecule has 1 aromatic carbocycles. The molecule has 2 aliphatic carbocycles. The van der Waals surface area contributed by atoms with Crippen molar-refractivity contribution in [2.75, 3.05) is 5.32 Å². The molecular formula is C18H24N2O2. The average Bonchev–Trinajstić information content (AvgIpc) is 3.35. The summed E-state index contributed by atoms with van der Waals surface area (Å²) in [7, 11) is 0. The Kier molecular flexibility index (Phi) is 4.46. The van der Waals surface area contributed by atoms with Crippen molar-refractivity contribution >= 4 is 17.5 Å². The van der Waals surface area contributed by atoms with E-state index >= 15 is 0 Å². The van der Waals surface area contributed by atoms with Gasteiger partial charge in [0.05, 0.1) is 0 Å². The standard InChI is InChI=1S/C18H24N2O2/c1-12-2-8-15(9-3-12)19-18(22)14-6-10-16(11-7-14)20-17(21)13-4-5-13/h6-7,10-13,15H,2-5,8-9H2,1H3,(H,19,22)(H,20,21). The SMILES string of the molecule is CC1CCC(NC(=O)c2ccc(NC(=O)C3CC3)cc2)CC1. The highest BCUT2D eigenvalue weighted by molar-refractivity contribution is 5.96. The van der Waals surface area contributed by atoms with E-state index in [1.54, 1.807) is 24.3 Å². The summed E-state index contributed by atoms with van der Waals surface area (Å²) in [4.78, 5) is 23.9. The van der Waals surface area contributed by atoms with E-state index in [1.807, 2.05) is 0 Å². The monoisotopic (exact) mass is 300 g/mol. The van der Waals surface area contributed by atoms with Gasteiger partial charge in [-0.1, -0.05) is 6.92 Å². The van der Waals surface area contributed by atoms with Gasteiger partial charge in [0.2, 0.25) is 5.91 Å². The molecule has 22 heavy (non-hydrogen) atoms. The molecular weight excluding hydrogens is 276 g/mol. The maximum Gasteiger partial charge on any atom is 0.251 e. The van der Waals surface area contributed by atoms with Crippen LogP contribution in [0, 0.1) is 11.8 Å². The van der Waals surface area contributed by atoms with Gasteiger partial charge in [0, 0.05) is 23.2 Å². The van der Waals surface area contributed by atoms with Crippen LogP contribution in [0.2, 0.25) is 0 Å². The molecule has 0 heterocycles. The number of rotatable bonds is 4. The van der Waals surface area contributed by atoms with Gasteiger partial charge < -0.3 is 10.6 Å². The summed E-state index contributed by atoms with van der Waals surface area (Å²) in [5.41, 5.74) is 1.42. The first-order chi connectivity index (χ1) is 10.6. The molecule has 0 aromatic heterocycles. The number of hydrogen-bond donors (Lipinski definition) is 2. The molecule has 3 rings (SSSR count). The van der Waals surface area contributed by atoms with Crippen LogP contribution in [-0.2, 0) is 4.79 Å². The lowest BCUT2D eigenvalue weighted by molar-refractivity contribution is -0.117. The lowest BCUT2D eigenvalue weighted by Gasteiger charge is -2.26. The lowest BCUT2D eigenvalue weighted by Crippen LogP contribution is -2.37. The smallest absolute Gasteiger partial charge is 0.251 e. The van der Waals surface area contributed by atoms with E-state index in [0.29, 0.717) is 11.6 Å². The summed E-state index contributed by atoms with van der Waals surface area (Å²) in [5.74, 6) is 1.05. The van der Waals surface area contributed by atoms with Gasteiger partial charge in [-0.2, -0.15) is 0 Å². The second-order valence-electron chi connectivity index (χ2n) is 6.77. The fourth-order valence-electron chi connectivity index (χ4n) is 2.97. The fraction of sp³-hybridized carbons (Fsp3) is 0.556. The van der Waals surface area contributed by atoms with E-state index < -0.39 is 0 Å². The zero-order valence-electron chi connectivity index (χ0n) is 13.1. The van der Waals surface area contributed by atoms with Crippen LogP contribution in [0.4, 0.5) is 5.69 Å². The first-order valence-electron chi connectivity index (χ1n) is 8.33. The summed E-state index contributed by atoms with van der Waals surface area (Å²) in [6, 6.07) is 7.47. The van der Waals surface area contributed by atoms with Gasteiger partial charge >= 0.3 is 0 Å². The molecule has 0 radical (unpaired) electrons. The quantitative estimate of drug-likeness (QED) is 0.896. The van der Waals surface area contributed by atoms with Crippen LogP contribution in [0.1, 0.15) is 55.8 Å². The summed E-state index contributed by atoms with van der Waals surface area (Å²) in [5, 5.41) is 6.00. The topological polar surface area (TPSA) is 58.2 Å². The number of amides is 2. The van der Waals surface area contributed by atoms with Crippen molar-refractivity contribution in [2.24, 2.45) is 11.8 Å². The molecule has 1 aromatic rings. The Morgan fingerprint density at radius 1 is 0.955 bits per heavy atom. The number of carbonyl (C=O) groups excluding carboxylic acids is 2. The predicted molar refractivity (Wildman–Crippen MR) is 86.7 cm³/mol. The molecule has 2 amide bonds. The maximum atomic E-state index is 12.2. The van der Waals surface area contributed by atoms with Gasteiger partial charge in [0.25, 0.3) is 5.91 Å². The molecule has 0 aliphatic heterocycles. The first-order valence-corrected chi connectivity index (χ1v) is 8.33. The van der Waals surface area contributed by atoms with E-state index in [-0.39, 0.29) is 17.7 Å². The second kappa shape index (κ2) is 6.51. The van der Waals surface area contributed by atoms with Crippen molar-refractivity contribution in [1.82, 2.24) is 5.32 Å². The molecule has 2 fully saturated rings. The molecule has 0 unspecified atom stereocenters. The molecule has 0 bridgehead atoms.